The summed E-state index contributed by atoms with van der Waals surface area (Å²) < 4.78 is 1.56. The lowest BCUT2D eigenvalue weighted by atomic mass is 10.2. The molecular weight excluding hydrogens is 158 g/mol. The van der Waals surface area contributed by atoms with Crippen molar-refractivity contribution in [3.05, 3.63) is 11.6 Å². The number of aliphatic carboxylic acids is 1. The normalized spacial score (nSPS) is 12.9. The first-order chi connectivity index (χ1) is 5.52. The summed E-state index contributed by atoms with van der Waals surface area (Å²) in [5.41, 5.74) is 0. The number of nitrogens with zero attached hydrogens (tertiary/aromatic N) is 3. The molecule has 0 spiro atoms. The minimum Gasteiger partial charge on any atom is -0.481 e. The molecule has 0 radical (unpaired) electrons. The van der Waals surface area contributed by atoms with E-state index < -0.39 is 11.9 Å². The molecule has 0 saturated heterocycles. The zero-order valence-electron chi connectivity index (χ0n) is 7.27. The zero-order chi connectivity index (χ0) is 9.30. The fourth-order valence-electron chi connectivity index (χ4n) is 0.780. The standard InChI is InChI=1S/C7H11N3O2/c1-4(7(11)12)6-8-5(2)10(3)9-6/h4H,1-3H3,(H,11,12). The molecule has 0 saturated carbocycles. The summed E-state index contributed by atoms with van der Waals surface area (Å²) in [4.78, 5) is 14.5. The van der Waals surface area contributed by atoms with Crippen LogP contribution in [-0.4, -0.2) is 25.8 Å². The topological polar surface area (TPSA) is 68.0 Å². The third-order valence-corrected chi connectivity index (χ3v) is 1.75. The van der Waals surface area contributed by atoms with E-state index in [4.69, 9.17) is 5.11 Å². The molecule has 1 unspecified atom stereocenters. The van der Waals surface area contributed by atoms with E-state index in [1.54, 1.807) is 25.6 Å². The molecule has 1 aromatic rings. The van der Waals surface area contributed by atoms with E-state index in [2.05, 4.69) is 10.1 Å². The number of aromatic nitrogens is 3. The highest BCUT2D eigenvalue weighted by Crippen LogP contribution is 2.10. The van der Waals surface area contributed by atoms with Gasteiger partial charge in [0.25, 0.3) is 0 Å². The van der Waals surface area contributed by atoms with Crippen molar-refractivity contribution in [3.63, 3.8) is 0 Å². The lowest BCUT2D eigenvalue weighted by molar-refractivity contribution is -0.138. The second-order valence-electron chi connectivity index (χ2n) is 2.70. The Hall–Kier alpha value is -1.39. The van der Waals surface area contributed by atoms with Crippen LogP contribution in [0.5, 0.6) is 0 Å². The van der Waals surface area contributed by atoms with Crippen LogP contribution in [0.15, 0.2) is 0 Å². The fourth-order valence-corrected chi connectivity index (χ4v) is 0.780. The smallest absolute Gasteiger partial charge is 0.314 e. The second-order valence-corrected chi connectivity index (χ2v) is 2.70. The number of carbonyl (C=O) groups is 1. The monoisotopic (exact) mass is 169 g/mol. The number of aryl methyl sites for hydroxylation is 2. The molecular formula is C7H11N3O2. The predicted octanol–water partition coefficient (Wildman–Crippen LogP) is 0.312. The lowest BCUT2D eigenvalue weighted by Gasteiger charge is -1.97. The van der Waals surface area contributed by atoms with Crippen LogP contribution in [-0.2, 0) is 11.8 Å². The third-order valence-electron chi connectivity index (χ3n) is 1.75. The maximum absolute atomic E-state index is 10.5. The van der Waals surface area contributed by atoms with Crippen LogP contribution < -0.4 is 0 Å². The van der Waals surface area contributed by atoms with E-state index in [1.807, 2.05) is 0 Å². The van der Waals surface area contributed by atoms with E-state index in [-0.39, 0.29) is 0 Å². The molecule has 0 aliphatic carbocycles. The molecule has 12 heavy (non-hydrogen) atoms. The van der Waals surface area contributed by atoms with E-state index in [1.165, 1.54) is 0 Å². The number of hydrogen-bond donors (Lipinski definition) is 1. The number of carboxylic acid groups (broad SMARTS) is 1. The molecule has 1 heterocycles. The minimum absolute atomic E-state index is 0.363. The van der Waals surface area contributed by atoms with Crippen LogP contribution in [0.2, 0.25) is 0 Å². The summed E-state index contributed by atoms with van der Waals surface area (Å²) in [6.07, 6.45) is 0. The molecule has 0 amide bonds. The molecule has 66 valence electrons. The summed E-state index contributed by atoms with van der Waals surface area (Å²) in [7, 11) is 1.74. The maximum atomic E-state index is 10.5. The van der Waals surface area contributed by atoms with E-state index >= 15 is 0 Å². The Morgan fingerprint density at radius 3 is 2.58 bits per heavy atom. The van der Waals surface area contributed by atoms with Gasteiger partial charge in [0.15, 0.2) is 5.82 Å². The van der Waals surface area contributed by atoms with Gasteiger partial charge in [-0.3, -0.25) is 9.48 Å². The average molecular weight is 169 g/mol. The molecule has 1 rings (SSSR count). The second kappa shape index (κ2) is 2.92. The highest BCUT2D eigenvalue weighted by Gasteiger charge is 2.18. The average Bonchev–Trinajstić information content (AvgIpc) is 2.30. The van der Waals surface area contributed by atoms with Gasteiger partial charge < -0.3 is 5.11 Å². The van der Waals surface area contributed by atoms with Gasteiger partial charge >= 0.3 is 5.97 Å². The molecule has 0 aliphatic heterocycles. The van der Waals surface area contributed by atoms with Gasteiger partial charge in [-0.25, -0.2) is 4.98 Å². The first kappa shape index (κ1) is 8.70. The maximum Gasteiger partial charge on any atom is 0.314 e. The molecule has 0 fully saturated rings. The van der Waals surface area contributed by atoms with Crippen LogP contribution in [0.4, 0.5) is 0 Å². The Bertz CT molecular complexity index is 286. The highest BCUT2D eigenvalue weighted by molar-refractivity contribution is 5.74. The lowest BCUT2D eigenvalue weighted by Crippen LogP contribution is -2.09. The minimum atomic E-state index is -0.902. The first-order valence-electron chi connectivity index (χ1n) is 3.62. The van der Waals surface area contributed by atoms with Gasteiger partial charge in [-0.1, -0.05) is 0 Å². The molecule has 5 nitrogen and oxygen atoms in total. The van der Waals surface area contributed by atoms with Crippen molar-refractivity contribution in [2.24, 2.45) is 7.05 Å². The summed E-state index contributed by atoms with van der Waals surface area (Å²) in [6.45, 7) is 3.35. The molecule has 1 atom stereocenters. The van der Waals surface area contributed by atoms with Crippen molar-refractivity contribution in [1.82, 2.24) is 14.8 Å². The van der Waals surface area contributed by atoms with Crippen molar-refractivity contribution < 1.29 is 9.90 Å². The van der Waals surface area contributed by atoms with Crippen molar-refractivity contribution in [1.29, 1.82) is 0 Å². The quantitative estimate of drug-likeness (QED) is 0.691. The largest absolute Gasteiger partial charge is 0.481 e. The van der Waals surface area contributed by atoms with Gasteiger partial charge in [-0.2, -0.15) is 5.10 Å². The number of hydrogen-bond acceptors (Lipinski definition) is 3. The van der Waals surface area contributed by atoms with Gasteiger partial charge in [0.1, 0.15) is 11.7 Å². The fraction of sp³-hybridized carbons (Fsp3) is 0.571. The van der Waals surface area contributed by atoms with Crippen molar-refractivity contribution >= 4 is 5.97 Å². The van der Waals surface area contributed by atoms with E-state index in [9.17, 15) is 4.79 Å². The molecule has 0 bridgehead atoms. The Morgan fingerprint density at radius 2 is 2.25 bits per heavy atom. The van der Waals surface area contributed by atoms with Crippen molar-refractivity contribution in [2.45, 2.75) is 19.8 Å². The summed E-state index contributed by atoms with van der Waals surface area (Å²) in [5, 5.41) is 12.6. The summed E-state index contributed by atoms with van der Waals surface area (Å²) in [5.74, 6) is -0.453. The van der Waals surface area contributed by atoms with Gasteiger partial charge in [-0.05, 0) is 13.8 Å². The summed E-state index contributed by atoms with van der Waals surface area (Å²) >= 11 is 0. The van der Waals surface area contributed by atoms with Crippen LogP contribution in [0.1, 0.15) is 24.5 Å². The van der Waals surface area contributed by atoms with Gasteiger partial charge in [-0.15, -0.1) is 0 Å². The van der Waals surface area contributed by atoms with Crippen molar-refractivity contribution in [2.75, 3.05) is 0 Å². The van der Waals surface area contributed by atoms with Crippen LogP contribution in [0.25, 0.3) is 0 Å². The van der Waals surface area contributed by atoms with Crippen LogP contribution in [0.3, 0.4) is 0 Å². The zero-order valence-corrected chi connectivity index (χ0v) is 7.27. The molecule has 1 aromatic heterocycles. The SMILES string of the molecule is Cc1nc(C(C)C(=O)O)nn1C. The number of rotatable bonds is 2. The number of carboxylic acids is 1. The van der Waals surface area contributed by atoms with E-state index in [0.29, 0.717) is 5.82 Å². The molecule has 1 N–H and O–H groups in total. The summed E-state index contributed by atoms with van der Waals surface area (Å²) in [6, 6.07) is 0. The highest BCUT2D eigenvalue weighted by atomic mass is 16.4. The molecule has 0 aliphatic rings. The Balaban J connectivity index is 2.96. The Labute approximate surface area is 70.0 Å². The predicted molar refractivity (Wildman–Crippen MR) is 41.8 cm³/mol. The van der Waals surface area contributed by atoms with E-state index in [0.717, 1.165) is 5.82 Å². The van der Waals surface area contributed by atoms with Crippen LogP contribution >= 0.6 is 0 Å². The first-order valence-corrected chi connectivity index (χ1v) is 3.62. The Morgan fingerprint density at radius 1 is 1.67 bits per heavy atom. The molecule has 0 aromatic carbocycles. The Kier molecular flexibility index (Phi) is 2.12. The molecule has 5 heteroatoms. The van der Waals surface area contributed by atoms with Crippen LogP contribution in [0, 0.1) is 6.92 Å². The third kappa shape index (κ3) is 1.44. The van der Waals surface area contributed by atoms with Gasteiger partial charge in [0.05, 0.1) is 0 Å². The van der Waals surface area contributed by atoms with Gasteiger partial charge in [0.2, 0.25) is 0 Å². The van der Waals surface area contributed by atoms with Gasteiger partial charge in [0, 0.05) is 7.05 Å². The van der Waals surface area contributed by atoms with Crippen molar-refractivity contribution in [3.8, 4) is 0 Å².